The molecular weight excluding hydrogens is 222 g/mol. The molecule has 1 atom stereocenters. The molecule has 0 saturated carbocycles. The van der Waals surface area contributed by atoms with E-state index in [4.69, 9.17) is 5.84 Å². The Morgan fingerprint density at radius 2 is 2.40 bits per heavy atom. The normalized spacial score (nSPS) is 13.9. The van der Waals surface area contributed by atoms with Crippen LogP contribution in [0.2, 0.25) is 0 Å². The number of aromatic nitrogens is 2. The molecule has 0 aromatic carbocycles. The lowest BCUT2D eigenvalue weighted by atomic mass is 10.2. The van der Waals surface area contributed by atoms with Crippen molar-refractivity contribution >= 4 is 16.3 Å². The molecule has 2 aromatic rings. The first-order valence-electron chi connectivity index (χ1n) is 4.36. The molecule has 7 heteroatoms. The molecule has 2 aromatic heterocycles. The molecular formula is C8H10F2N4S. The van der Waals surface area contributed by atoms with E-state index in [1.165, 1.54) is 11.3 Å². The Bertz CT molecular complexity index is 410. The third kappa shape index (κ3) is 2.14. The zero-order chi connectivity index (χ0) is 10.8. The standard InChI is InChI=1S/C8H10F2N4S/c9-7(10)6(13-11)3-5-4-14-1-2-15-8(14)12-5/h1-2,4,6-7,13H,3,11H2. The summed E-state index contributed by atoms with van der Waals surface area (Å²) in [6.45, 7) is 0. The molecule has 0 spiro atoms. The number of hydrazine groups is 1. The van der Waals surface area contributed by atoms with Gasteiger partial charge in [-0.05, 0) is 0 Å². The van der Waals surface area contributed by atoms with Gasteiger partial charge in [0.1, 0.15) is 0 Å². The van der Waals surface area contributed by atoms with Gasteiger partial charge < -0.3 is 0 Å². The van der Waals surface area contributed by atoms with Crippen molar-refractivity contribution in [3.05, 3.63) is 23.5 Å². The highest BCUT2D eigenvalue weighted by atomic mass is 32.1. The van der Waals surface area contributed by atoms with E-state index in [2.05, 4.69) is 10.4 Å². The van der Waals surface area contributed by atoms with Crippen molar-refractivity contribution in [1.82, 2.24) is 14.8 Å². The van der Waals surface area contributed by atoms with Crippen LogP contribution in [0, 0.1) is 0 Å². The zero-order valence-corrected chi connectivity index (χ0v) is 8.55. The number of alkyl halides is 2. The molecule has 4 nitrogen and oxygen atoms in total. The Kier molecular flexibility index (Phi) is 2.94. The lowest BCUT2D eigenvalue weighted by Crippen LogP contribution is -2.42. The summed E-state index contributed by atoms with van der Waals surface area (Å²) in [7, 11) is 0. The van der Waals surface area contributed by atoms with Crippen molar-refractivity contribution in [3.63, 3.8) is 0 Å². The lowest BCUT2D eigenvalue weighted by Gasteiger charge is -2.12. The van der Waals surface area contributed by atoms with Crippen LogP contribution >= 0.6 is 11.3 Å². The molecule has 0 fully saturated rings. The second-order valence-electron chi connectivity index (χ2n) is 3.14. The summed E-state index contributed by atoms with van der Waals surface area (Å²) in [5.41, 5.74) is 2.71. The molecule has 0 amide bonds. The lowest BCUT2D eigenvalue weighted by molar-refractivity contribution is 0.0980. The predicted molar refractivity (Wildman–Crippen MR) is 53.9 cm³/mol. The summed E-state index contributed by atoms with van der Waals surface area (Å²) in [6.07, 6.45) is 1.21. The Labute approximate surface area is 88.7 Å². The summed E-state index contributed by atoms with van der Waals surface area (Å²) in [6, 6.07) is -1.05. The van der Waals surface area contributed by atoms with Crippen molar-refractivity contribution in [2.75, 3.05) is 0 Å². The number of hydrogen-bond acceptors (Lipinski definition) is 4. The molecule has 3 N–H and O–H groups in total. The number of nitrogens with two attached hydrogens (primary N) is 1. The molecule has 2 rings (SSSR count). The first kappa shape index (κ1) is 10.5. The fraction of sp³-hybridized carbons (Fsp3) is 0.375. The second kappa shape index (κ2) is 4.21. The molecule has 0 aliphatic heterocycles. The van der Waals surface area contributed by atoms with Crippen LogP contribution in [0.5, 0.6) is 0 Å². The minimum atomic E-state index is -2.49. The third-order valence-corrected chi connectivity index (χ3v) is 2.86. The average molecular weight is 232 g/mol. The molecule has 0 radical (unpaired) electrons. The highest BCUT2D eigenvalue weighted by Gasteiger charge is 2.20. The molecule has 0 aliphatic rings. The van der Waals surface area contributed by atoms with Gasteiger partial charge in [0, 0.05) is 24.2 Å². The van der Waals surface area contributed by atoms with Gasteiger partial charge in [-0.15, -0.1) is 11.3 Å². The van der Waals surface area contributed by atoms with Crippen molar-refractivity contribution < 1.29 is 8.78 Å². The van der Waals surface area contributed by atoms with Gasteiger partial charge in [0.05, 0.1) is 11.7 Å². The minimum Gasteiger partial charge on any atom is -0.297 e. The molecule has 0 bridgehead atoms. The first-order chi connectivity index (χ1) is 7.20. The van der Waals surface area contributed by atoms with Gasteiger partial charge in [-0.25, -0.2) is 13.8 Å². The highest BCUT2D eigenvalue weighted by Crippen LogP contribution is 2.14. The minimum absolute atomic E-state index is 0.128. The number of rotatable bonds is 4. The maximum absolute atomic E-state index is 12.4. The maximum atomic E-state index is 12.4. The number of thiazole rings is 1. The predicted octanol–water partition coefficient (Wildman–Crippen LogP) is 1.04. The van der Waals surface area contributed by atoms with E-state index in [0.29, 0.717) is 5.69 Å². The summed E-state index contributed by atoms with van der Waals surface area (Å²) >= 11 is 1.46. The Morgan fingerprint density at radius 1 is 1.60 bits per heavy atom. The van der Waals surface area contributed by atoms with Crippen LogP contribution in [0.4, 0.5) is 8.78 Å². The quantitative estimate of drug-likeness (QED) is 0.611. The molecule has 0 aliphatic carbocycles. The first-order valence-corrected chi connectivity index (χ1v) is 5.24. The van der Waals surface area contributed by atoms with E-state index in [-0.39, 0.29) is 6.42 Å². The fourth-order valence-electron chi connectivity index (χ4n) is 1.32. The average Bonchev–Trinajstić information content (AvgIpc) is 2.72. The van der Waals surface area contributed by atoms with Gasteiger partial charge in [0.15, 0.2) is 4.96 Å². The third-order valence-electron chi connectivity index (χ3n) is 2.09. The van der Waals surface area contributed by atoms with Crippen LogP contribution in [0.25, 0.3) is 4.96 Å². The highest BCUT2D eigenvalue weighted by molar-refractivity contribution is 7.15. The number of hydrogen-bond donors (Lipinski definition) is 2. The Balaban J connectivity index is 2.14. The number of fused-ring (bicyclic) bond motifs is 1. The Hall–Kier alpha value is -1.05. The molecule has 1 unspecified atom stereocenters. The van der Waals surface area contributed by atoms with Gasteiger partial charge >= 0.3 is 0 Å². The summed E-state index contributed by atoms with van der Waals surface area (Å²) in [4.78, 5) is 5.00. The summed E-state index contributed by atoms with van der Waals surface area (Å²) in [5.74, 6) is 5.03. The maximum Gasteiger partial charge on any atom is 0.255 e. The zero-order valence-electron chi connectivity index (χ0n) is 7.73. The topological polar surface area (TPSA) is 55.3 Å². The largest absolute Gasteiger partial charge is 0.297 e. The monoisotopic (exact) mass is 232 g/mol. The van der Waals surface area contributed by atoms with E-state index in [0.717, 1.165) is 4.96 Å². The van der Waals surface area contributed by atoms with E-state index in [9.17, 15) is 8.78 Å². The van der Waals surface area contributed by atoms with Gasteiger partial charge in [-0.1, -0.05) is 0 Å². The van der Waals surface area contributed by atoms with Crippen LogP contribution in [-0.4, -0.2) is 21.9 Å². The SMILES string of the molecule is NNC(Cc1cn2ccsc2n1)C(F)F. The molecule has 82 valence electrons. The number of imidazole rings is 1. The Morgan fingerprint density at radius 3 is 3.00 bits per heavy atom. The summed E-state index contributed by atoms with van der Waals surface area (Å²) < 4.78 is 26.6. The van der Waals surface area contributed by atoms with Crippen molar-refractivity contribution in [2.24, 2.45) is 5.84 Å². The van der Waals surface area contributed by atoms with Crippen LogP contribution in [0.1, 0.15) is 5.69 Å². The number of nitrogens with one attached hydrogen (secondary N) is 1. The van der Waals surface area contributed by atoms with Crippen LogP contribution in [0.3, 0.4) is 0 Å². The van der Waals surface area contributed by atoms with E-state index >= 15 is 0 Å². The van der Waals surface area contributed by atoms with Crippen molar-refractivity contribution in [3.8, 4) is 0 Å². The van der Waals surface area contributed by atoms with E-state index in [1.54, 1.807) is 10.6 Å². The molecule has 15 heavy (non-hydrogen) atoms. The van der Waals surface area contributed by atoms with Crippen LogP contribution in [-0.2, 0) is 6.42 Å². The van der Waals surface area contributed by atoms with Crippen LogP contribution < -0.4 is 11.3 Å². The van der Waals surface area contributed by atoms with Crippen molar-refractivity contribution in [1.29, 1.82) is 0 Å². The van der Waals surface area contributed by atoms with E-state index < -0.39 is 12.5 Å². The smallest absolute Gasteiger partial charge is 0.255 e. The van der Waals surface area contributed by atoms with Crippen LogP contribution in [0.15, 0.2) is 17.8 Å². The van der Waals surface area contributed by atoms with Gasteiger partial charge in [-0.3, -0.25) is 15.7 Å². The summed E-state index contributed by atoms with van der Waals surface area (Å²) in [5, 5.41) is 1.89. The van der Waals surface area contributed by atoms with Crippen molar-refractivity contribution in [2.45, 2.75) is 18.9 Å². The second-order valence-corrected chi connectivity index (χ2v) is 4.01. The molecule has 2 heterocycles. The van der Waals surface area contributed by atoms with E-state index in [1.807, 2.05) is 11.6 Å². The fourth-order valence-corrected chi connectivity index (χ4v) is 2.04. The number of nitrogens with zero attached hydrogens (tertiary/aromatic N) is 2. The number of halogens is 2. The molecule has 0 saturated heterocycles. The van der Waals surface area contributed by atoms with Gasteiger partial charge in [-0.2, -0.15) is 0 Å². The van der Waals surface area contributed by atoms with Gasteiger partial charge in [0.25, 0.3) is 6.43 Å². The van der Waals surface area contributed by atoms with Gasteiger partial charge in [0.2, 0.25) is 0 Å².